The van der Waals surface area contributed by atoms with Crippen molar-refractivity contribution in [2.24, 2.45) is 0 Å². The average Bonchev–Trinajstić information content (AvgIpc) is 2.81. The smallest absolute Gasteiger partial charge is 0.246 e. The van der Waals surface area contributed by atoms with Crippen LogP contribution in [0.5, 0.6) is 0 Å². The summed E-state index contributed by atoms with van der Waals surface area (Å²) in [6.45, 7) is -0.338. The van der Waals surface area contributed by atoms with Gasteiger partial charge in [-0.15, -0.1) is 0 Å². The largest absolute Gasteiger partial charge is 0.391 e. The van der Waals surface area contributed by atoms with E-state index in [0.717, 1.165) is 0 Å². The van der Waals surface area contributed by atoms with E-state index >= 15 is 0 Å². The molecule has 5 fully saturated rings. The molecule has 3 N–H and O–H groups in total. The molecule has 0 aromatic carbocycles. The number of hydrogen-bond donors (Lipinski definition) is 3. The lowest BCUT2D eigenvalue weighted by molar-refractivity contribution is -0.142. The number of rotatable bonds is 8. The standard InChI is InChI=1S/C24H37F3N2O5/c25-15-1-3-16(4-2-15)33-13-21(31)28-23-7-9-24(10-8-23,20(30)12-23)29-22(32)14-34-17-5-6-18(26)19(27)11-17/h15-20,30H,1-14H2,(H,28,31)(H,29,32)/t15?,16?,17?,18?,19?,20-,23?,24?/m0/s1. The lowest BCUT2D eigenvalue weighted by atomic mass is 9.60. The number of carbonyl (C=O) groups excluding carboxylic acids is 2. The van der Waals surface area contributed by atoms with Crippen molar-refractivity contribution >= 4 is 11.8 Å². The van der Waals surface area contributed by atoms with Gasteiger partial charge in [0.2, 0.25) is 11.8 Å². The van der Waals surface area contributed by atoms with E-state index in [-0.39, 0.29) is 44.0 Å². The molecule has 0 aliphatic heterocycles. The minimum Gasteiger partial charge on any atom is -0.391 e. The van der Waals surface area contributed by atoms with Gasteiger partial charge >= 0.3 is 0 Å². The molecule has 5 aliphatic carbocycles. The van der Waals surface area contributed by atoms with Crippen LogP contribution >= 0.6 is 0 Å². The van der Waals surface area contributed by atoms with Crippen molar-refractivity contribution in [3.8, 4) is 0 Å². The van der Waals surface area contributed by atoms with Crippen LogP contribution in [0.4, 0.5) is 13.2 Å². The zero-order chi connectivity index (χ0) is 24.3. The molecule has 34 heavy (non-hydrogen) atoms. The van der Waals surface area contributed by atoms with Crippen LogP contribution in [0.25, 0.3) is 0 Å². The highest BCUT2D eigenvalue weighted by Gasteiger charge is 2.55. The molecule has 0 aromatic rings. The first-order valence-electron chi connectivity index (χ1n) is 12.6. The second-order valence-corrected chi connectivity index (χ2v) is 10.7. The van der Waals surface area contributed by atoms with Gasteiger partial charge < -0.3 is 25.2 Å². The fraction of sp³-hybridized carbons (Fsp3) is 0.917. The first-order chi connectivity index (χ1) is 16.2. The highest BCUT2D eigenvalue weighted by atomic mass is 19.2. The molecule has 10 heteroatoms. The summed E-state index contributed by atoms with van der Waals surface area (Å²) in [7, 11) is 0. The Morgan fingerprint density at radius 3 is 2.00 bits per heavy atom. The number of aliphatic hydroxyl groups excluding tert-OH is 1. The van der Waals surface area contributed by atoms with Gasteiger partial charge in [0.05, 0.1) is 23.9 Å². The van der Waals surface area contributed by atoms with Crippen molar-refractivity contribution in [3.63, 3.8) is 0 Å². The maximum atomic E-state index is 13.5. The van der Waals surface area contributed by atoms with Gasteiger partial charge in [0.1, 0.15) is 31.7 Å². The Kier molecular flexibility index (Phi) is 8.09. The Morgan fingerprint density at radius 1 is 0.794 bits per heavy atom. The van der Waals surface area contributed by atoms with E-state index in [0.29, 0.717) is 64.2 Å². The molecule has 194 valence electrons. The fourth-order valence-electron chi connectivity index (χ4n) is 6.08. The molecule has 0 spiro atoms. The lowest BCUT2D eigenvalue weighted by Gasteiger charge is -2.56. The van der Waals surface area contributed by atoms with Gasteiger partial charge in [0, 0.05) is 12.0 Å². The molecule has 0 aromatic heterocycles. The average molecular weight is 491 g/mol. The van der Waals surface area contributed by atoms with Crippen LogP contribution in [0.1, 0.15) is 77.0 Å². The SMILES string of the molecule is O=C(COC1CCC(F)CC1)NC12CCC(NC(=O)COC3CCC(F)C(F)C3)(CC1)[C@@H](O)C2. The number of hydrogen-bond acceptors (Lipinski definition) is 5. The molecule has 2 amide bonds. The third kappa shape index (κ3) is 6.05. The van der Waals surface area contributed by atoms with E-state index in [2.05, 4.69) is 10.6 Å². The monoisotopic (exact) mass is 490 g/mol. The van der Waals surface area contributed by atoms with Gasteiger partial charge in [0.25, 0.3) is 0 Å². The van der Waals surface area contributed by atoms with E-state index in [1.165, 1.54) is 0 Å². The highest BCUT2D eigenvalue weighted by Crippen LogP contribution is 2.47. The zero-order valence-electron chi connectivity index (χ0n) is 19.6. The van der Waals surface area contributed by atoms with Crippen LogP contribution in [0.3, 0.4) is 0 Å². The summed E-state index contributed by atoms with van der Waals surface area (Å²) in [6.07, 6.45) is 0.0102. The van der Waals surface area contributed by atoms with Crippen LogP contribution in [-0.4, -0.2) is 78.0 Å². The molecule has 5 saturated carbocycles. The number of halogens is 3. The van der Waals surface area contributed by atoms with Crippen LogP contribution in [0.15, 0.2) is 0 Å². The van der Waals surface area contributed by atoms with Crippen LogP contribution < -0.4 is 10.6 Å². The Balaban J connectivity index is 1.20. The quantitative estimate of drug-likeness (QED) is 0.486. The van der Waals surface area contributed by atoms with Gasteiger partial charge in [-0.3, -0.25) is 9.59 Å². The summed E-state index contributed by atoms with van der Waals surface area (Å²) < 4.78 is 51.2. The highest BCUT2D eigenvalue weighted by molar-refractivity contribution is 5.79. The Hall–Kier alpha value is -1.39. The third-order valence-electron chi connectivity index (χ3n) is 8.26. The number of ether oxygens (including phenoxy) is 2. The summed E-state index contributed by atoms with van der Waals surface area (Å²) in [5.41, 5.74) is -1.30. The number of amides is 2. The molecule has 5 aliphatic rings. The predicted octanol–water partition coefficient (Wildman–Crippen LogP) is 2.58. The maximum absolute atomic E-state index is 13.5. The Labute approximate surface area is 198 Å². The Bertz CT molecular complexity index is 725. The summed E-state index contributed by atoms with van der Waals surface area (Å²) in [5, 5.41) is 16.8. The van der Waals surface area contributed by atoms with Crippen molar-refractivity contribution in [2.45, 2.75) is 125 Å². The second-order valence-electron chi connectivity index (χ2n) is 10.7. The van der Waals surface area contributed by atoms with E-state index in [1.54, 1.807) is 0 Å². The van der Waals surface area contributed by atoms with E-state index in [1.807, 2.05) is 0 Å². The molecule has 0 saturated heterocycles. The molecule has 7 nitrogen and oxygen atoms in total. The number of carbonyl (C=O) groups is 2. The van der Waals surface area contributed by atoms with Crippen molar-refractivity contribution in [2.75, 3.05) is 13.2 Å². The maximum Gasteiger partial charge on any atom is 0.246 e. The molecule has 0 radical (unpaired) electrons. The first kappa shape index (κ1) is 25.7. The molecule has 5 rings (SSSR count). The zero-order valence-corrected chi connectivity index (χ0v) is 19.6. The van der Waals surface area contributed by atoms with Gasteiger partial charge in [-0.1, -0.05) is 0 Å². The fourth-order valence-corrected chi connectivity index (χ4v) is 6.08. The number of nitrogens with one attached hydrogen (secondary N) is 2. The number of fused-ring (bicyclic) bond motifs is 3. The van der Waals surface area contributed by atoms with Gasteiger partial charge in [-0.25, -0.2) is 13.2 Å². The molecular weight excluding hydrogens is 453 g/mol. The third-order valence-corrected chi connectivity index (χ3v) is 8.26. The summed E-state index contributed by atoms with van der Waals surface area (Å²) in [6, 6.07) is 0. The van der Waals surface area contributed by atoms with Crippen LogP contribution in [-0.2, 0) is 19.1 Å². The van der Waals surface area contributed by atoms with Gasteiger partial charge in [0.15, 0.2) is 0 Å². The summed E-state index contributed by atoms with van der Waals surface area (Å²) >= 11 is 0. The predicted molar refractivity (Wildman–Crippen MR) is 117 cm³/mol. The number of aliphatic hydroxyl groups is 1. The molecular formula is C24H37F3N2O5. The number of alkyl halides is 3. The second kappa shape index (κ2) is 10.7. The van der Waals surface area contributed by atoms with Gasteiger partial charge in [-0.05, 0) is 70.6 Å². The topological polar surface area (TPSA) is 96.9 Å². The normalized spacial score (nSPS) is 42.2. The molecule has 0 heterocycles. The van der Waals surface area contributed by atoms with Crippen LogP contribution in [0.2, 0.25) is 0 Å². The minimum atomic E-state index is -1.56. The molecule has 3 unspecified atom stereocenters. The molecule has 4 atom stereocenters. The van der Waals surface area contributed by atoms with Crippen molar-refractivity contribution in [1.82, 2.24) is 10.6 Å². The summed E-state index contributed by atoms with van der Waals surface area (Å²) in [5.74, 6) is -0.623. The van der Waals surface area contributed by atoms with Crippen molar-refractivity contribution in [1.29, 1.82) is 0 Å². The van der Waals surface area contributed by atoms with E-state index < -0.39 is 41.8 Å². The minimum absolute atomic E-state index is 0.0503. The van der Waals surface area contributed by atoms with E-state index in [9.17, 15) is 27.9 Å². The van der Waals surface area contributed by atoms with Crippen molar-refractivity contribution < 1.29 is 37.3 Å². The van der Waals surface area contributed by atoms with Crippen LogP contribution in [0, 0.1) is 0 Å². The van der Waals surface area contributed by atoms with Crippen molar-refractivity contribution in [3.05, 3.63) is 0 Å². The Morgan fingerprint density at radius 2 is 1.38 bits per heavy atom. The lowest BCUT2D eigenvalue weighted by Crippen LogP contribution is -2.70. The summed E-state index contributed by atoms with van der Waals surface area (Å²) in [4.78, 5) is 25.0. The molecule has 2 bridgehead atoms. The first-order valence-corrected chi connectivity index (χ1v) is 12.6. The van der Waals surface area contributed by atoms with Gasteiger partial charge in [-0.2, -0.15) is 0 Å². The van der Waals surface area contributed by atoms with E-state index in [4.69, 9.17) is 9.47 Å².